The normalized spacial score (nSPS) is 11.3. The molecule has 0 fully saturated rings. The molecule has 0 spiro atoms. The first-order valence-corrected chi connectivity index (χ1v) is 7.51. The molecule has 0 saturated carbocycles. The highest BCUT2D eigenvalue weighted by Gasteiger charge is 2.17. The molecule has 0 aliphatic heterocycles. The molecular weight excluding hydrogens is 292 g/mol. The molecule has 6 heteroatoms. The highest BCUT2D eigenvalue weighted by molar-refractivity contribution is 6.06. The number of aryl methyl sites for hydroxylation is 1. The second kappa shape index (κ2) is 6.26. The maximum absolute atomic E-state index is 12.4. The Bertz CT molecular complexity index is 832. The maximum atomic E-state index is 12.4. The molecule has 2 heterocycles. The van der Waals surface area contributed by atoms with Crippen molar-refractivity contribution in [3.05, 3.63) is 48.0 Å². The number of nitrogens with zero attached hydrogens (tertiary/aromatic N) is 3. The van der Waals surface area contributed by atoms with Crippen LogP contribution in [0.4, 0.5) is 5.69 Å². The molecule has 0 aliphatic rings. The zero-order chi connectivity index (χ0) is 16.4. The molecule has 3 rings (SSSR count). The summed E-state index contributed by atoms with van der Waals surface area (Å²) in [6, 6.07) is 7.63. The van der Waals surface area contributed by atoms with Crippen molar-refractivity contribution in [2.75, 3.05) is 26.0 Å². The molecule has 120 valence electrons. The van der Waals surface area contributed by atoms with Gasteiger partial charge in [0, 0.05) is 23.7 Å². The van der Waals surface area contributed by atoms with Crippen molar-refractivity contribution in [2.24, 2.45) is 0 Å². The van der Waals surface area contributed by atoms with E-state index in [1.165, 1.54) is 0 Å². The van der Waals surface area contributed by atoms with Gasteiger partial charge in [-0.2, -0.15) is 5.10 Å². The third-order valence-electron chi connectivity index (χ3n) is 3.72. The van der Waals surface area contributed by atoms with Crippen LogP contribution in [-0.2, 0) is 6.54 Å². The number of benzene rings is 1. The van der Waals surface area contributed by atoms with Crippen LogP contribution in [0.15, 0.2) is 41.1 Å². The highest BCUT2D eigenvalue weighted by Crippen LogP contribution is 2.25. The van der Waals surface area contributed by atoms with Crippen molar-refractivity contribution >= 4 is 22.6 Å². The van der Waals surface area contributed by atoms with E-state index in [0.29, 0.717) is 11.4 Å². The average molecular weight is 312 g/mol. The van der Waals surface area contributed by atoms with Gasteiger partial charge in [-0.1, -0.05) is 18.2 Å². The number of carbonyl (C=O) groups excluding carboxylic acids is 1. The number of para-hydroxylation sites is 1. The van der Waals surface area contributed by atoms with E-state index in [9.17, 15) is 4.79 Å². The Morgan fingerprint density at radius 1 is 1.35 bits per heavy atom. The van der Waals surface area contributed by atoms with Crippen LogP contribution in [0, 0.1) is 6.92 Å². The molecule has 0 radical (unpaired) electrons. The zero-order valence-electron chi connectivity index (χ0n) is 13.5. The summed E-state index contributed by atoms with van der Waals surface area (Å²) in [5.74, 6) is 0.0816. The van der Waals surface area contributed by atoms with Crippen LogP contribution in [0.5, 0.6) is 0 Å². The summed E-state index contributed by atoms with van der Waals surface area (Å²) in [6.07, 6.45) is 3.46. The first-order valence-electron chi connectivity index (χ1n) is 7.51. The summed E-state index contributed by atoms with van der Waals surface area (Å²) in [5.41, 5.74) is 2.23. The van der Waals surface area contributed by atoms with E-state index in [0.717, 1.165) is 29.6 Å². The molecule has 1 aromatic carbocycles. The summed E-state index contributed by atoms with van der Waals surface area (Å²) in [7, 11) is 4.02. The van der Waals surface area contributed by atoms with Gasteiger partial charge in [0.25, 0.3) is 5.91 Å². The fraction of sp³-hybridized carbons (Fsp3) is 0.294. The van der Waals surface area contributed by atoms with Crippen molar-refractivity contribution in [3.63, 3.8) is 0 Å². The highest BCUT2D eigenvalue weighted by atomic mass is 16.3. The van der Waals surface area contributed by atoms with Crippen LogP contribution in [0.2, 0.25) is 0 Å². The van der Waals surface area contributed by atoms with Crippen LogP contribution in [0.25, 0.3) is 11.0 Å². The van der Waals surface area contributed by atoms with E-state index >= 15 is 0 Å². The number of furan rings is 1. The Morgan fingerprint density at radius 3 is 2.87 bits per heavy atom. The van der Waals surface area contributed by atoms with Gasteiger partial charge in [-0.05, 0) is 27.1 Å². The Kier molecular flexibility index (Phi) is 4.16. The number of likely N-dealkylation sites (N-methyl/N-ethyl adjacent to an activating group) is 1. The van der Waals surface area contributed by atoms with E-state index in [1.54, 1.807) is 10.9 Å². The monoisotopic (exact) mass is 312 g/mol. The minimum atomic E-state index is -0.258. The summed E-state index contributed by atoms with van der Waals surface area (Å²) in [4.78, 5) is 14.5. The number of anilines is 1. The Labute approximate surface area is 134 Å². The van der Waals surface area contributed by atoms with E-state index in [1.807, 2.05) is 51.5 Å². The predicted octanol–water partition coefficient (Wildman–Crippen LogP) is 2.75. The lowest BCUT2D eigenvalue weighted by atomic mass is 10.1. The minimum Gasteiger partial charge on any atom is -0.451 e. The number of fused-ring (bicyclic) bond motifs is 1. The SMILES string of the molecule is Cc1c(C(=O)Nc2cnn(CCN(C)C)c2)oc2ccccc12. The first kappa shape index (κ1) is 15.3. The van der Waals surface area contributed by atoms with Gasteiger partial charge in [0.1, 0.15) is 5.58 Å². The van der Waals surface area contributed by atoms with Gasteiger partial charge in [-0.15, -0.1) is 0 Å². The first-order chi connectivity index (χ1) is 11.0. The summed E-state index contributed by atoms with van der Waals surface area (Å²) >= 11 is 0. The molecule has 6 nitrogen and oxygen atoms in total. The second-order valence-electron chi connectivity index (χ2n) is 5.80. The van der Waals surface area contributed by atoms with Crippen LogP contribution >= 0.6 is 0 Å². The second-order valence-corrected chi connectivity index (χ2v) is 5.80. The quantitative estimate of drug-likeness (QED) is 0.787. The maximum Gasteiger partial charge on any atom is 0.291 e. The molecule has 0 unspecified atom stereocenters. The van der Waals surface area contributed by atoms with Gasteiger partial charge in [0.15, 0.2) is 5.76 Å². The van der Waals surface area contributed by atoms with Gasteiger partial charge in [-0.25, -0.2) is 0 Å². The molecule has 0 bridgehead atoms. The lowest BCUT2D eigenvalue weighted by Crippen LogP contribution is -2.18. The molecule has 3 aromatic rings. The summed E-state index contributed by atoms with van der Waals surface area (Å²) in [6.45, 7) is 3.55. The third-order valence-corrected chi connectivity index (χ3v) is 3.72. The van der Waals surface area contributed by atoms with Crippen molar-refractivity contribution in [1.29, 1.82) is 0 Å². The largest absolute Gasteiger partial charge is 0.451 e. The van der Waals surface area contributed by atoms with Crippen LogP contribution in [0.1, 0.15) is 16.1 Å². The van der Waals surface area contributed by atoms with E-state index in [-0.39, 0.29) is 5.91 Å². The molecule has 1 N–H and O–H groups in total. The van der Waals surface area contributed by atoms with E-state index < -0.39 is 0 Å². The lowest BCUT2D eigenvalue weighted by Gasteiger charge is -2.08. The van der Waals surface area contributed by atoms with Crippen molar-refractivity contribution in [1.82, 2.24) is 14.7 Å². The number of rotatable bonds is 5. The van der Waals surface area contributed by atoms with E-state index in [4.69, 9.17) is 4.42 Å². The number of amides is 1. The Morgan fingerprint density at radius 2 is 2.13 bits per heavy atom. The van der Waals surface area contributed by atoms with E-state index in [2.05, 4.69) is 15.3 Å². The van der Waals surface area contributed by atoms with Gasteiger partial charge in [0.05, 0.1) is 18.4 Å². The third kappa shape index (κ3) is 3.27. The molecule has 0 saturated heterocycles. The predicted molar refractivity (Wildman–Crippen MR) is 89.7 cm³/mol. The molecule has 1 amide bonds. The van der Waals surface area contributed by atoms with Crippen LogP contribution < -0.4 is 5.32 Å². The molecule has 23 heavy (non-hydrogen) atoms. The van der Waals surface area contributed by atoms with Crippen molar-refractivity contribution in [3.8, 4) is 0 Å². The summed E-state index contributed by atoms with van der Waals surface area (Å²) < 4.78 is 7.48. The molecule has 2 aromatic heterocycles. The number of nitrogens with one attached hydrogen (secondary N) is 1. The fourth-order valence-corrected chi connectivity index (χ4v) is 2.43. The number of carbonyl (C=O) groups is 1. The Hall–Kier alpha value is -2.60. The number of aromatic nitrogens is 2. The fourth-order valence-electron chi connectivity index (χ4n) is 2.43. The average Bonchev–Trinajstić information content (AvgIpc) is 3.10. The van der Waals surface area contributed by atoms with Gasteiger partial charge >= 0.3 is 0 Å². The van der Waals surface area contributed by atoms with Gasteiger partial charge in [0.2, 0.25) is 0 Å². The number of hydrogen-bond acceptors (Lipinski definition) is 4. The van der Waals surface area contributed by atoms with Crippen LogP contribution in [-0.4, -0.2) is 41.2 Å². The summed E-state index contributed by atoms with van der Waals surface area (Å²) in [5, 5.41) is 8.04. The standard InChI is InChI=1S/C17H20N4O2/c1-12-14-6-4-5-7-15(14)23-16(12)17(22)19-13-10-18-21(11-13)9-8-20(2)3/h4-7,10-11H,8-9H2,1-3H3,(H,19,22). The molecule has 0 atom stereocenters. The zero-order valence-corrected chi connectivity index (χ0v) is 13.5. The Balaban J connectivity index is 1.74. The lowest BCUT2D eigenvalue weighted by molar-refractivity contribution is 0.0998. The molecular formula is C17H20N4O2. The van der Waals surface area contributed by atoms with Crippen LogP contribution in [0.3, 0.4) is 0 Å². The minimum absolute atomic E-state index is 0.258. The van der Waals surface area contributed by atoms with Crippen molar-refractivity contribution in [2.45, 2.75) is 13.5 Å². The number of hydrogen-bond donors (Lipinski definition) is 1. The van der Waals surface area contributed by atoms with Gasteiger partial charge < -0.3 is 14.6 Å². The molecule has 0 aliphatic carbocycles. The smallest absolute Gasteiger partial charge is 0.291 e. The van der Waals surface area contributed by atoms with Crippen molar-refractivity contribution < 1.29 is 9.21 Å². The van der Waals surface area contributed by atoms with Gasteiger partial charge in [-0.3, -0.25) is 9.48 Å². The topological polar surface area (TPSA) is 63.3 Å².